The number of benzene rings is 2. The Bertz CT molecular complexity index is 1130. The minimum atomic E-state index is 0.279. The normalized spacial score (nSPS) is 19.3. The summed E-state index contributed by atoms with van der Waals surface area (Å²) in [4.78, 5) is 17.1. The lowest BCUT2D eigenvalue weighted by Gasteiger charge is -2.37. The summed E-state index contributed by atoms with van der Waals surface area (Å²) >= 11 is 0. The van der Waals surface area contributed by atoms with Crippen molar-refractivity contribution in [2.45, 2.75) is 19.0 Å². The molecule has 0 spiro atoms. The number of nitrogens with zero attached hydrogens (tertiary/aromatic N) is 5. The molecule has 0 aliphatic carbocycles. The number of hydrazine groups is 1. The van der Waals surface area contributed by atoms with E-state index in [0.29, 0.717) is 0 Å². The lowest BCUT2D eigenvalue weighted by atomic mass is 10.0. The molecule has 2 aromatic carbocycles. The van der Waals surface area contributed by atoms with E-state index in [1.807, 2.05) is 12.1 Å². The fourth-order valence-corrected chi connectivity index (χ4v) is 5.01. The van der Waals surface area contributed by atoms with Crippen LogP contribution in [-0.2, 0) is 6.54 Å². The lowest BCUT2D eigenvalue weighted by molar-refractivity contribution is 0.414. The fraction of sp³-hybridized carbons (Fsp3) is 0.360. The molecule has 3 aliphatic rings. The summed E-state index contributed by atoms with van der Waals surface area (Å²) in [5, 5.41) is 0. The molecule has 3 aliphatic heterocycles. The van der Waals surface area contributed by atoms with Crippen molar-refractivity contribution in [1.82, 2.24) is 15.4 Å². The predicted octanol–water partition coefficient (Wildman–Crippen LogP) is 3.19. The number of methoxy groups -OCH3 is 1. The molecular formula is C25H29N7O. The number of ether oxygens (including phenoxy) is 1. The Balaban J connectivity index is 1.23. The van der Waals surface area contributed by atoms with Gasteiger partial charge in [-0.05, 0) is 24.1 Å². The van der Waals surface area contributed by atoms with Crippen LogP contribution in [0.15, 0.2) is 54.6 Å². The molecule has 4 heterocycles. The second-order valence-electron chi connectivity index (χ2n) is 8.80. The largest absolute Gasteiger partial charge is 0.497 e. The summed E-state index contributed by atoms with van der Waals surface area (Å²) in [5.74, 6) is 3.68. The molecular weight excluding hydrogens is 414 g/mol. The monoisotopic (exact) mass is 443 g/mol. The van der Waals surface area contributed by atoms with Gasteiger partial charge in [-0.3, -0.25) is 0 Å². The summed E-state index contributed by atoms with van der Waals surface area (Å²) in [5.41, 5.74) is 10.4. The molecule has 0 saturated carbocycles. The third-order valence-corrected chi connectivity index (χ3v) is 6.81. The highest BCUT2D eigenvalue weighted by atomic mass is 16.5. The molecule has 2 N–H and O–H groups in total. The number of anilines is 4. The molecule has 3 aromatic rings. The van der Waals surface area contributed by atoms with Crippen molar-refractivity contribution in [2.75, 3.05) is 60.0 Å². The van der Waals surface area contributed by atoms with Crippen molar-refractivity contribution < 1.29 is 4.74 Å². The molecule has 1 unspecified atom stereocenters. The van der Waals surface area contributed by atoms with Crippen LogP contribution in [0, 0.1) is 0 Å². The summed E-state index contributed by atoms with van der Waals surface area (Å²) in [6, 6.07) is 19.2. The molecule has 170 valence electrons. The van der Waals surface area contributed by atoms with Crippen LogP contribution in [0.5, 0.6) is 5.75 Å². The van der Waals surface area contributed by atoms with E-state index >= 15 is 0 Å². The highest BCUT2D eigenvalue weighted by Gasteiger charge is 2.35. The molecule has 0 bridgehead atoms. The van der Waals surface area contributed by atoms with Crippen molar-refractivity contribution in [3.8, 4) is 5.75 Å². The average molecular weight is 444 g/mol. The SMILES string of the molecule is COc1cccc(N2CCN(c3nc4c5c(n3)N(Cc3ccccc3)CCC5NN4)CC2)c1. The maximum Gasteiger partial charge on any atom is 0.229 e. The van der Waals surface area contributed by atoms with E-state index in [2.05, 4.69) is 68.0 Å². The molecule has 33 heavy (non-hydrogen) atoms. The summed E-state index contributed by atoms with van der Waals surface area (Å²) in [7, 11) is 1.71. The van der Waals surface area contributed by atoms with Gasteiger partial charge in [0.25, 0.3) is 0 Å². The van der Waals surface area contributed by atoms with E-state index < -0.39 is 0 Å². The molecule has 8 heteroatoms. The Morgan fingerprint density at radius 3 is 2.58 bits per heavy atom. The van der Waals surface area contributed by atoms with Crippen LogP contribution >= 0.6 is 0 Å². The van der Waals surface area contributed by atoms with Crippen molar-refractivity contribution in [3.05, 3.63) is 65.7 Å². The Hall–Kier alpha value is -3.52. The maximum absolute atomic E-state index is 5.40. The van der Waals surface area contributed by atoms with Gasteiger partial charge >= 0.3 is 0 Å². The Labute approximate surface area is 194 Å². The van der Waals surface area contributed by atoms with E-state index in [9.17, 15) is 0 Å². The molecule has 0 radical (unpaired) electrons. The van der Waals surface area contributed by atoms with Gasteiger partial charge in [0.2, 0.25) is 5.95 Å². The minimum Gasteiger partial charge on any atom is -0.497 e. The first-order chi connectivity index (χ1) is 16.3. The van der Waals surface area contributed by atoms with Crippen LogP contribution in [-0.4, -0.2) is 49.8 Å². The van der Waals surface area contributed by atoms with Gasteiger partial charge in [-0.15, -0.1) is 0 Å². The zero-order chi connectivity index (χ0) is 22.2. The molecule has 6 rings (SSSR count). The van der Waals surface area contributed by atoms with Crippen LogP contribution in [0.1, 0.15) is 23.6 Å². The van der Waals surface area contributed by atoms with Gasteiger partial charge in [0.15, 0.2) is 5.82 Å². The number of aromatic nitrogens is 2. The third-order valence-electron chi connectivity index (χ3n) is 6.81. The summed E-state index contributed by atoms with van der Waals surface area (Å²) in [6.45, 7) is 5.44. The lowest BCUT2D eigenvalue weighted by Crippen LogP contribution is -2.47. The topological polar surface area (TPSA) is 68.8 Å². The van der Waals surface area contributed by atoms with Gasteiger partial charge in [-0.1, -0.05) is 36.4 Å². The fourth-order valence-electron chi connectivity index (χ4n) is 5.01. The first-order valence-electron chi connectivity index (χ1n) is 11.6. The third kappa shape index (κ3) is 3.80. The van der Waals surface area contributed by atoms with Crippen LogP contribution in [0.4, 0.5) is 23.3 Å². The molecule has 1 fully saturated rings. The van der Waals surface area contributed by atoms with Crippen LogP contribution in [0.2, 0.25) is 0 Å². The van der Waals surface area contributed by atoms with Gasteiger partial charge in [0, 0.05) is 51.0 Å². The van der Waals surface area contributed by atoms with Crippen LogP contribution < -0.4 is 30.3 Å². The second kappa shape index (κ2) is 8.44. The zero-order valence-corrected chi connectivity index (χ0v) is 18.9. The Morgan fingerprint density at radius 2 is 1.76 bits per heavy atom. The minimum absolute atomic E-state index is 0.279. The predicted molar refractivity (Wildman–Crippen MR) is 131 cm³/mol. The first-order valence-corrected chi connectivity index (χ1v) is 11.6. The average Bonchev–Trinajstić information content (AvgIpc) is 3.30. The summed E-state index contributed by atoms with van der Waals surface area (Å²) in [6.07, 6.45) is 1.04. The quantitative estimate of drug-likeness (QED) is 0.623. The number of rotatable bonds is 5. The van der Waals surface area contributed by atoms with E-state index in [1.54, 1.807) is 7.11 Å². The summed E-state index contributed by atoms with van der Waals surface area (Å²) < 4.78 is 5.40. The van der Waals surface area contributed by atoms with Gasteiger partial charge in [-0.25, -0.2) is 5.43 Å². The van der Waals surface area contributed by atoms with E-state index in [-0.39, 0.29) is 6.04 Å². The smallest absolute Gasteiger partial charge is 0.229 e. The van der Waals surface area contributed by atoms with Gasteiger partial charge in [0.1, 0.15) is 11.6 Å². The van der Waals surface area contributed by atoms with Gasteiger partial charge in [0.05, 0.1) is 18.7 Å². The highest BCUT2D eigenvalue weighted by Crippen LogP contribution is 2.41. The Kier molecular flexibility index (Phi) is 5.14. The number of hydrogen-bond donors (Lipinski definition) is 2. The van der Waals surface area contributed by atoms with Crippen molar-refractivity contribution in [3.63, 3.8) is 0 Å². The zero-order valence-electron chi connectivity index (χ0n) is 18.9. The number of piperazine rings is 1. The molecule has 1 saturated heterocycles. The maximum atomic E-state index is 5.40. The molecule has 0 amide bonds. The van der Waals surface area contributed by atoms with E-state index in [1.165, 1.54) is 16.8 Å². The van der Waals surface area contributed by atoms with Crippen LogP contribution in [0.3, 0.4) is 0 Å². The first kappa shape index (κ1) is 20.1. The van der Waals surface area contributed by atoms with Crippen LogP contribution in [0.25, 0.3) is 0 Å². The van der Waals surface area contributed by atoms with Crippen molar-refractivity contribution in [1.29, 1.82) is 0 Å². The van der Waals surface area contributed by atoms with Gasteiger partial charge < -0.3 is 24.9 Å². The van der Waals surface area contributed by atoms with Gasteiger partial charge in [-0.2, -0.15) is 9.97 Å². The Morgan fingerprint density at radius 1 is 0.939 bits per heavy atom. The molecule has 8 nitrogen and oxygen atoms in total. The van der Waals surface area contributed by atoms with E-state index in [4.69, 9.17) is 14.7 Å². The standard InChI is InChI=1S/C25H29N7O/c1-33-20-9-5-8-19(16-20)30-12-14-31(15-13-30)25-26-23-22-21(28-29-23)10-11-32(24(22)27-25)17-18-6-3-2-4-7-18/h2-9,16,21,28H,10-15,17H2,1H3,(H,26,27,29). The van der Waals surface area contributed by atoms with Crippen molar-refractivity contribution in [2.24, 2.45) is 0 Å². The second-order valence-corrected chi connectivity index (χ2v) is 8.80. The highest BCUT2D eigenvalue weighted by molar-refractivity contribution is 5.68. The molecule has 1 aromatic heterocycles. The number of hydrogen-bond acceptors (Lipinski definition) is 8. The molecule has 1 atom stereocenters. The van der Waals surface area contributed by atoms with Crippen molar-refractivity contribution >= 4 is 23.3 Å². The van der Waals surface area contributed by atoms with E-state index in [0.717, 1.165) is 69.0 Å². The number of nitrogens with one attached hydrogen (secondary N) is 2.